The molecule has 1 atom stereocenters. The Balaban J connectivity index is 1.90. The molecule has 1 unspecified atom stereocenters. The Labute approximate surface area is 92.0 Å². The van der Waals surface area contributed by atoms with Crippen molar-refractivity contribution in [2.75, 3.05) is 0 Å². The van der Waals surface area contributed by atoms with E-state index in [1.807, 2.05) is 11.7 Å². The highest BCUT2D eigenvalue weighted by Gasteiger charge is 2.33. The number of hydrogen-bond acceptors (Lipinski definition) is 2. The minimum atomic E-state index is 0.542. The fourth-order valence-corrected chi connectivity index (χ4v) is 2.81. The van der Waals surface area contributed by atoms with E-state index in [-0.39, 0.29) is 0 Å². The zero-order valence-corrected chi connectivity index (χ0v) is 9.84. The Morgan fingerprint density at radius 2 is 2.21 bits per heavy atom. The molecule has 0 saturated heterocycles. The summed E-state index contributed by atoms with van der Waals surface area (Å²) in [6.07, 6.45) is 5.04. The summed E-state index contributed by atoms with van der Waals surface area (Å²) in [5.74, 6) is 0. The highest BCUT2D eigenvalue weighted by molar-refractivity contribution is 9.10. The van der Waals surface area contributed by atoms with Crippen LogP contribution in [0.3, 0.4) is 0 Å². The van der Waals surface area contributed by atoms with Crippen LogP contribution in [0.2, 0.25) is 0 Å². The lowest BCUT2D eigenvalue weighted by molar-refractivity contribution is 0.519. The molecule has 1 heterocycles. The van der Waals surface area contributed by atoms with Crippen molar-refractivity contribution in [3.8, 4) is 0 Å². The average Bonchev–Trinajstić information content (AvgIpc) is 2.81. The van der Waals surface area contributed by atoms with Crippen LogP contribution >= 0.6 is 15.9 Å². The smallest absolute Gasteiger partial charge is 0.108 e. The molecule has 1 aromatic heterocycles. The van der Waals surface area contributed by atoms with Crippen molar-refractivity contribution in [1.29, 1.82) is 0 Å². The fourth-order valence-electron chi connectivity index (χ4n) is 2.23. The number of nitrogens with zero attached hydrogens (tertiary/aromatic N) is 2. The van der Waals surface area contributed by atoms with Gasteiger partial charge in [0.25, 0.3) is 0 Å². The van der Waals surface area contributed by atoms with E-state index in [4.69, 9.17) is 0 Å². The highest BCUT2D eigenvalue weighted by atomic mass is 79.9. The summed E-state index contributed by atoms with van der Waals surface area (Å²) in [6, 6.07) is 1.32. The lowest BCUT2D eigenvalue weighted by Gasteiger charge is -2.12. The molecule has 2 aliphatic rings. The third-order valence-electron chi connectivity index (χ3n) is 3.12. The first-order valence-electron chi connectivity index (χ1n) is 5.23. The molecule has 1 N–H and O–H groups in total. The summed E-state index contributed by atoms with van der Waals surface area (Å²) in [4.78, 5) is 0. The zero-order chi connectivity index (χ0) is 9.71. The highest BCUT2D eigenvalue weighted by Crippen LogP contribution is 2.38. The molecule has 3 rings (SSSR count). The molecule has 14 heavy (non-hydrogen) atoms. The summed E-state index contributed by atoms with van der Waals surface area (Å²) in [5, 5.41) is 8.18. The standard InChI is InChI=1S/C10H14BrN3/c1-14-10(11)9-7(12-6-2-3-6)4-5-8(9)13-14/h6-7,12H,2-5H2,1H3. The van der Waals surface area contributed by atoms with Gasteiger partial charge in [-0.1, -0.05) is 0 Å². The van der Waals surface area contributed by atoms with Crippen LogP contribution in [0.1, 0.15) is 36.6 Å². The van der Waals surface area contributed by atoms with Gasteiger partial charge in [0.05, 0.1) is 5.69 Å². The van der Waals surface area contributed by atoms with Crippen LogP contribution in [0.15, 0.2) is 4.60 Å². The topological polar surface area (TPSA) is 29.9 Å². The third-order valence-corrected chi connectivity index (χ3v) is 4.06. The second kappa shape index (κ2) is 3.07. The molecule has 76 valence electrons. The third kappa shape index (κ3) is 1.32. The summed E-state index contributed by atoms with van der Waals surface area (Å²) in [7, 11) is 2.00. The largest absolute Gasteiger partial charge is 0.307 e. The van der Waals surface area contributed by atoms with Gasteiger partial charge in [-0.25, -0.2) is 0 Å². The first-order valence-corrected chi connectivity index (χ1v) is 6.02. The number of halogens is 1. The first kappa shape index (κ1) is 8.92. The molecule has 0 radical (unpaired) electrons. The second-order valence-electron chi connectivity index (χ2n) is 4.31. The van der Waals surface area contributed by atoms with Crippen molar-refractivity contribution in [2.45, 2.75) is 37.8 Å². The predicted molar refractivity (Wildman–Crippen MR) is 58.1 cm³/mol. The van der Waals surface area contributed by atoms with Crippen LogP contribution < -0.4 is 5.32 Å². The van der Waals surface area contributed by atoms with Crippen molar-refractivity contribution in [1.82, 2.24) is 15.1 Å². The molecule has 1 aromatic rings. The van der Waals surface area contributed by atoms with Crippen molar-refractivity contribution >= 4 is 15.9 Å². The van der Waals surface area contributed by atoms with Crippen molar-refractivity contribution in [2.24, 2.45) is 7.05 Å². The summed E-state index contributed by atoms with van der Waals surface area (Å²) >= 11 is 3.61. The van der Waals surface area contributed by atoms with E-state index in [0.29, 0.717) is 6.04 Å². The second-order valence-corrected chi connectivity index (χ2v) is 5.06. The maximum absolute atomic E-state index is 4.50. The Bertz CT molecular complexity index is 368. The Kier molecular flexibility index (Phi) is 1.96. The average molecular weight is 256 g/mol. The molecular formula is C10H14BrN3. The molecule has 3 nitrogen and oxygen atoms in total. The van der Waals surface area contributed by atoms with Gasteiger partial charge in [-0.15, -0.1) is 0 Å². The molecule has 2 aliphatic carbocycles. The number of hydrogen-bond donors (Lipinski definition) is 1. The van der Waals surface area contributed by atoms with Crippen LogP contribution in [0.25, 0.3) is 0 Å². The molecule has 0 aliphatic heterocycles. The first-order chi connectivity index (χ1) is 6.75. The maximum atomic E-state index is 4.50. The zero-order valence-electron chi connectivity index (χ0n) is 8.26. The number of fused-ring (bicyclic) bond motifs is 1. The Hall–Kier alpha value is -0.350. The van der Waals surface area contributed by atoms with Crippen LogP contribution in [0.4, 0.5) is 0 Å². The van der Waals surface area contributed by atoms with E-state index < -0.39 is 0 Å². The number of aryl methyl sites for hydroxylation is 2. The SMILES string of the molecule is Cn1nc2c(c1Br)C(NC1CC1)CC2. The molecule has 1 fully saturated rings. The van der Waals surface area contributed by atoms with Gasteiger partial charge < -0.3 is 5.32 Å². The molecule has 1 saturated carbocycles. The molecule has 0 spiro atoms. The van der Waals surface area contributed by atoms with Crippen LogP contribution in [-0.2, 0) is 13.5 Å². The number of nitrogens with one attached hydrogen (secondary N) is 1. The van der Waals surface area contributed by atoms with Crippen molar-refractivity contribution in [3.63, 3.8) is 0 Å². The lowest BCUT2D eigenvalue weighted by Crippen LogP contribution is -2.21. The lowest BCUT2D eigenvalue weighted by atomic mass is 10.2. The summed E-state index contributed by atoms with van der Waals surface area (Å²) in [6.45, 7) is 0. The van der Waals surface area contributed by atoms with E-state index in [1.54, 1.807) is 0 Å². The van der Waals surface area contributed by atoms with E-state index >= 15 is 0 Å². The van der Waals surface area contributed by atoms with Crippen LogP contribution in [0, 0.1) is 0 Å². The van der Waals surface area contributed by atoms with E-state index in [9.17, 15) is 0 Å². The Morgan fingerprint density at radius 1 is 1.43 bits per heavy atom. The van der Waals surface area contributed by atoms with Gasteiger partial charge in [0.2, 0.25) is 0 Å². The van der Waals surface area contributed by atoms with E-state index in [0.717, 1.165) is 17.1 Å². The molecule has 0 aromatic carbocycles. The molecule has 0 amide bonds. The molecule has 0 bridgehead atoms. The maximum Gasteiger partial charge on any atom is 0.108 e. The molecule has 4 heteroatoms. The van der Waals surface area contributed by atoms with Gasteiger partial charge in [-0.2, -0.15) is 5.10 Å². The normalized spacial score (nSPS) is 25.4. The van der Waals surface area contributed by atoms with Gasteiger partial charge in [-0.05, 0) is 41.6 Å². The van der Waals surface area contributed by atoms with Gasteiger partial charge >= 0.3 is 0 Å². The van der Waals surface area contributed by atoms with Gasteiger partial charge in [0.15, 0.2) is 0 Å². The van der Waals surface area contributed by atoms with Crippen LogP contribution in [-0.4, -0.2) is 15.8 Å². The van der Waals surface area contributed by atoms with Gasteiger partial charge in [0, 0.05) is 24.7 Å². The number of aromatic nitrogens is 2. The predicted octanol–water partition coefficient (Wildman–Crippen LogP) is 1.92. The minimum absolute atomic E-state index is 0.542. The fraction of sp³-hybridized carbons (Fsp3) is 0.700. The molecular weight excluding hydrogens is 242 g/mol. The number of rotatable bonds is 2. The van der Waals surface area contributed by atoms with Crippen LogP contribution in [0.5, 0.6) is 0 Å². The van der Waals surface area contributed by atoms with E-state index in [1.165, 1.54) is 30.5 Å². The Morgan fingerprint density at radius 3 is 2.93 bits per heavy atom. The van der Waals surface area contributed by atoms with Gasteiger partial charge in [-0.3, -0.25) is 4.68 Å². The quantitative estimate of drug-likeness (QED) is 0.876. The van der Waals surface area contributed by atoms with Crippen molar-refractivity contribution < 1.29 is 0 Å². The summed E-state index contributed by atoms with van der Waals surface area (Å²) < 4.78 is 3.09. The van der Waals surface area contributed by atoms with Crippen molar-refractivity contribution in [3.05, 3.63) is 15.9 Å². The van der Waals surface area contributed by atoms with Gasteiger partial charge in [0.1, 0.15) is 4.60 Å². The monoisotopic (exact) mass is 255 g/mol. The summed E-state index contributed by atoms with van der Waals surface area (Å²) in [5.41, 5.74) is 2.68. The minimum Gasteiger partial charge on any atom is -0.307 e. The van der Waals surface area contributed by atoms with E-state index in [2.05, 4.69) is 26.3 Å².